The highest BCUT2D eigenvalue weighted by Crippen LogP contribution is 2.53. The van der Waals surface area contributed by atoms with E-state index in [1.54, 1.807) is 0 Å². The fourth-order valence-corrected chi connectivity index (χ4v) is 2.96. The second kappa shape index (κ2) is 4.83. The first-order valence-corrected chi connectivity index (χ1v) is 7.54. The zero-order valence-electron chi connectivity index (χ0n) is 10.2. The van der Waals surface area contributed by atoms with Crippen molar-refractivity contribution in [2.75, 3.05) is 0 Å². The Morgan fingerprint density at radius 2 is 1.84 bits per heavy atom. The predicted octanol–water partition coefficient (Wildman–Crippen LogP) is 4.10. The highest BCUT2D eigenvalue weighted by atomic mass is 35.5. The van der Waals surface area contributed by atoms with Crippen LogP contribution in [0.4, 0.5) is 0 Å². The lowest BCUT2D eigenvalue weighted by atomic mass is 10.0. The van der Waals surface area contributed by atoms with Gasteiger partial charge in [0.1, 0.15) is 4.33 Å². The van der Waals surface area contributed by atoms with E-state index in [0.717, 1.165) is 18.4 Å². The van der Waals surface area contributed by atoms with E-state index in [9.17, 15) is 4.79 Å². The zero-order chi connectivity index (χ0) is 13.6. The van der Waals surface area contributed by atoms with Gasteiger partial charge in [0.2, 0.25) is 5.91 Å². The number of benzene rings is 1. The number of hydrogen-bond donors (Lipinski definition) is 1. The molecule has 2 unspecified atom stereocenters. The minimum atomic E-state index is -0.863. The molecule has 2 saturated carbocycles. The van der Waals surface area contributed by atoms with Gasteiger partial charge < -0.3 is 5.32 Å². The zero-order valence-corrected chi connectivity index (χ0v) is 12.5. The number of alkyl halides is 2. The van der Waals surface area contributed by atoms with Crippen LogP contribution in [0.1, 0.15) is 30.9 Å². The summed E-state index contributed by atoms with van der Waals surface area (Å²) in [6, 6.07) is 7.68. The van der Waals surface area contributed by atoms with Crippen molar-refractivity contribution in [2.24, 2.45) is 11.8 Å². The third-order valence-corrected chi connectivity index (χ3v) is 4.85. The monoisotopic (exact) mass is 317 g/mol. The van der Waals surface area contributed by atoms with Crippen LogP contribution in [0, 0.1) is 11.8 Å². The van der Waals surface area contributed by atoms with Crippen molar-refractivity contribution < 1.29 is 4.79 Å². The quantitative estimate of drug-likeness (QED) is 0.832. The van der Waals surface area contributed by atoms with Gasteiger partial charge in [-0.05, 0) is 42.9 Å². The van der Waals surface area contributed by atoms with Crippen LogP contribution in [0.25, 0.3) is 0 Å². The summed E-state index contributed by atoms with van der Waals surface area (Å²) in [5, 5.41) is 3.78. The van der Waals surface area contributed by atoms with Crippen molar-refractivity contribution in [1.29, 1.82) is 0 Å². The van der Waals surface area contributed by atoms with Crippen LogP contribution in [0.5, 0.6) is 0 Å². The van der Waals surface area contributed by atoms with Crippen LogP contribution in [-0.2, 0) is 4.79 Å². The largest absolute Gasteiger partial charge is 0.349 e. The summed E-state index contributed by atoms with van der Waals surface area (Å²) in [5.74, 6) is 0.199. The Balaban J connectivity index is 1.71. The molecule has 3 rings (SSSR count). The van der Waals surface area contributed by atoms with Gasteiger partial charge >= 0.3 is 0 Å². The summed E-state index contributed by atoms with van der Waals surface area (Å²) in [6.07, 6.45) is 2.83. The topological polar surface area (TPSA) is 29.1 Å². The van der Waals surface area contributed by atoms with E-state index in [1.807, 2.05) is 24.3 Å². The maximum atomic E-state index is 12.1. The standard InChI is InChI=1S/C14H14Cl3NO/c15-10-5-3-9(4-6-10)12(8-1-2-8)18-13(19)11-7-14(11,16)17/h3-6,8,11-12H,1-2,7H2,(H,18,19). The van der Waals surface area contributed by atoms with Gasteiger partial charge in [-0.2, -0.15) is 0 Å². The summed E-state index contributed by atoms with van der Waals surface area (Å²) < 4.78 is -0.863. The molecule has 2 aliphatic carbocycles. The molecule has 1 aromatic carbocycles. The first-order chi connectivity index (χ1) is 8.97. The maximum absolute atomic E-state index is 12.1. The molecule has 2 atom stereocenters. The average Bonchev–Trinajstić information content (AvgIpc) is 3.24. The molecule has 2 fully saturated rings. The van der Waals surface area contributed by atoms with Crippen LogP contribution in [0.2, 0.25) is 5.02 Å². The molecule has 0 spiro atoms. The summed E-state index contributed by atoms with van der Waals surface area (Å²) in [7, 11) is 0. The number of nitrogens with one attached hydrogen (secondary N) is 1. The fourth-order valence-electron chi connectivity index (χ4n) is 2.32. The summed E-state index contributed by atoms with van der Waals surface area (Å²) in [4.78, 5) is 12.1. The lowest BCUT2D eigenvalue weighted by Crippen LogP contribution is -2.32. The van der Waals surface area contributed by atoms with Crippen LogP contribution < -0.4 is 5.32 Å². The van der Waals surface area contributed by atoms with Gasteiger partial charge in [0.05, 0.1) is 12.0 Å². The Bertz CT molecular complexity index is 496. The number of halogens is 3. The number of carbonyl (C=O) groups excluding carboxylic acids is 1. The third kappa shape index (κ3) is 3.01. The van der Waals surface area contributed by atoms with E-state index in [-0.39, 0.29) is 17.9 Å². The molecular formula is C14H14Cl3NO. The number of carbonyl (C=O) groups is 1. The van der Waals surface area contributed by atoms with E-state index in [2.05, 4.69) is 5.32 Å². The molecule has 1 amide bonds. The predicted molar refractivity (Wildman–Crippen MR) is 77.6 cm³/mol. The Morgan fingerprint density at radius 1 is 1.26 bits per heavy atom. The molecule has 0 bridgehead atoms. The second-order valence-electron chi connectivity index (χ2n) is 5.39. The molecule has 2 aliphatic rings. The van der Waals surface area contributed by atoms with Gasteiger partial charge in [0, 0.05) is 5.02 Å². The number of amides is 1. The highest BCUT2D eigenvalue weighted by Gasteiger charge is 2.56. The van der Waals surface area contributed by atoms with E-state index in [0.29, 0.717) is 17.4 Å². The van der Waals surface area contributed by atoms with E-state index in [4.69, 9.17) is 34.8 Å². The molecule has 2 nitrogen and oxygen atoms in total. The maximum Gasteiger partial charge on any atom is 0.226 e. The van der Waals surface area contributed by atoms with Crippen molar-refractivity contribution in [3.05, 3.63) is 34.9 Å². The Hall–Kier alpha value is -0.440. The van der Waals surface area contributed by atoms with Crippen LogP contribution in [0.3, 0.4) is 0 Å². The lowest BCUT2D eigenvalue weighted by Gasteiger charge is -2.19. The first kappa shape index (κ1) is 13.5. The second-order valence-corrected chi connectivity index (χ2v) is 7.37. The van der Waals surface area contributed by atoms with Gasteiger partial charge in [-0.3, -0.25) is 4.79 Å². The van der Waals surface area contributed by atoms with Crippen molar-refractivity contribution in [3.8, 4) is 0 Å². The Labute approximate surface area is 127 Å². The third-order valence-electron chi connectivity index (χ3n) is 3.76. The summed E-state index contributed by atoms with van der Waals surface area (Å²) in [6.45, 7) is 0. The van der Waals surface area contributed by atoms with Gasteiger partial charge in [-0.1, -0.05) is 23.7 Å². The van der Waals surface area contributed by atoms with Crippen molar-refractivity contribution in [1.82, 2.24) is 5.32 Å². The first-order valence-electron chi connectivity index (χ1n) is 6.41. The van der Waals surface area contributed by atoms with Gasteiger partial charge in [-0.15, -0.1) is 23.2 Å². The minimum absolute atomic E-state index is 0.0446. The Morgan fingerprint density at radius 3 is 2.32 bits per heavy atom. The van der Waals surface area contributed by atoms with Gasteiger partial charge in [-0.25, -0.2) is 0 Å². The molecule has 5 heteroatoms. The van der Waals surface area contributed by atoms with E-state index in [1.165, 1.54) is 0 Å². The number of hydrogen-bond acceptors (Lipinski definition) is 1. The van der Waals surface area contributed by atoms with Crippen LogP contribution in [0.15, 0.2) is 24.3 Å². The van der Waals surface area contributed by atoms with Crippen molar-refractivity contribution in [3.63, 3.8) is 0 Å². The minimum Gasteiger partial charge on any atom is -0.349 e. The molecule has 19 heavy (non-hydrogen) atoms. The molecule has 0 radical (unpaired) electrons. The van der Waals surface area contributed by atoms with Crippen LogP contribution >= 0.6 is 34.8 Å². The SMILES string of the molecule is O=C(NC(c1ccc(Cl)cc1)C1CC1)C1CC1(Cl)Cl. The molecule has 0 aliphatic heterocycles. The molecule has 0 saturated heterocycles. The fraction of sp³-hybridized carbons (Fsp3) is 0.500. The van der Waals surface area contributed by atoms with E-state index >= 15 is 0 Å². The van der Waals surface area contributed by atoms with Crippen molar-refractivity contribution in [2.45, 2.75) is 29.6 Å². The van der Waals surface area contributed by atoms with Crippen LogP contribution in [-0.4, -0.2) is 10.2 Å². The Kier molecular flexibility index (Phi) is 3.45. The molecule has 102 valence electrons. The van der Waals surface area contributed by atoms with Gasteiger partial charge in [0.25, 0.3) is 0 Å². The normalized spacial score (nSPS) is 25.7. The number of rotatable bonds is 4. The average molecular weight is 319 g/mol. The summed E-state index contributed by atoms with van der Waals surface area (Å²) in [5.41, 5.74) is 1.09. The van der Waals surface area contributed by atoms with Crippen molar-refractivity contribution >= 4 is 40.7 Å². The lowest BCUT2D eigenvalue weighted by molar-refractivity contribution is -0.123. The highest BCUT2D eigenvalue weighted by molar-refractivity contribution is 6.52. The smallest absolute Gasteiger partial charge is 0.226 e. The molecule has 0 heterocycles. The molecule has 1 N–H and O–H groups in total. The molecule has 1 aromatic rings. The molecule has 0 aromatic heterocycles. The summed E-state index contributed by atoms with van der Waals surface area (Å²) >= 11 is 17.8. The molecular weight excluding hydrogens is 305 g/mol. The van der Waals surface area contributed by atoms with Gasteiger partial charge in [0.15, 0.2) is 0 Å². The van der Waals surface area contributed by atoms with E-state index < -0.39 is 4.33 Å².